The first kappa shape index (κ1) is 19.1. The second-order valence-corrected chi connectivity index (χ2v) is 6.53. The van der Waals surface area contributed by atoms with Crippen molar-refractivity contribution in [1.29, 1.82) is 0 Å². The average Bonchev–Trinajstić information content (AvgIpc) is 2.80. The topological polar surface area (TPSA) is 83.3 Å². The molecule has 0 atom stereocenters. The van der Waals surface area contributed by atoms with Crippen molar-refractivity contribution in [2.24, 2.45) is 10.2 Å². The Morgan fingerprint density at radius 2 is 1.53 bits per heavy atom. The van der Waals surface area contributed by atoms with Crippen molar-refractivity contribution in [2.75, 3.05) is 12.4 Å². The Kier molecular flexibility index (Phi) is 5.39. The zero-order valence-corrected chi connectivity index (χ0v) is 16.2. The van der Waals surface area contributed by atoms with E-state index in [1.54, 1.807) is 30.3 Å². The summed E-state index contributed by atoms with van der Waals surface area (Å²) in [5, 5.41) is 23.4. The standard InChI is InChI=1S/C24H19N3O3/c1-30-22-14-8-7-13-20(22)25-24(29)19-15-21(27-26-16-9-3-2-4-10-16)17-11-5-6-12-18(17)23(19)28/h2-15,28H,1H3,(H,25,29). The average molecular weight is 397 g/mol. The van der Waals surface area contributed by atoms with Crippen LogP contribution in [0.4, 0.5) is 17.1 Å². The number of methoxy groups -OCH3 is 1. The van der Waals surface area contributed by atoms with Crippen LogP contribution in [0.3, 0.4) is 0 Å². The van der Waals surface area contributed by atoms with Gasteiger partial charge in [-0.05, 0) is 30.3 Å². The minimum absolute atomic E-state index is 0.0987. The monoisotopic (exact) mass is 397 g/mol. The van der Waals surface area contributed by atoms with Gasteiger partial charge in [-0.3, -0.25) is 4.79 Å². The SMILES string of the molecule is COc1ccccc1NC(=O)c1cc(N=Nc2ccccc2)c2ccccc2c1O. The summed E-state index contributed by atoms with van der Waals surface area (Å²) in [7, 11) is 1.53. The number of para-hydroxylation sites is 2. The number of amides is 1. The van der Waals surface area contributed by atoms with E-state index in [9.17, 15) is 9.90 Å². The molecule has 0 saturated heterocycles. The van der Waals surface area contributed by atoms with E-state index in [-0.39, 0.29) is 11.3 Å². The third-order valence-corrected chi connectivity index (χ3v) is 4.62. The van der Waals surface area contributed by atoms with E-state index < -0.39 is 5.91 Å². The number of phenolic OH excluding ortho intramolecular Hbond substituents is 1. The van der Waals surface area contributed by atoms with Crippen molar-refractivity contribution >= 4 is 33.7 Å². The molecule has 0 saturated carbocycles. The zero-order valence-electron chi connectivity index (χ0n) is 16.2. The van der Waals surface area contributed by atoms with Crippen LogP contribution in [0.5, 0.6) is 11.5 Å². The molecule has 0 unspecified atom stereocenters. The van der Waals surface area contributed by atoms with Crippen LogP contribution in [0.25, 0.3) is 10.8 Å². The lowest BCUT2D eigenvalue weighted by Crippen LogP contribution is -2.13. The van der Waals surface area contributed by atoms with E-state index in [4.69, 9.17) is 4.74 Å². The Morgan fingerprint density at radius 1 is 0.867 bits per heavy atom. The minimum Gasteiger partial charge on any atom is -0.506 e. The predicted octanol–water partition coefficient (Wildman–Crippen LogP) is 6.22. The van der Waals surface area contributed by atoms with Gasteiger partial charge in [0.2, 0.25) is 0 Å². The van der Waals surface area contributed by atoms with Crippen molar-refractivity contribution in [3.8, 4) is 11.5 Å². The lowest BCUT2D eigenvalue weighted by Gasteiger charge is -2.13. The maximum atomic E-state index is 13.0. The summed E-state index contributed by atoms with van der Waals surface area (Å²) in [5.41, 5.74) is 1.78. The number of benzene rings is 4. The van der Waals surface area contributed by atoms with Crippen LogP contribution in [0, 0.1) is 0 Å². The molecule has 0 fully saturated rings. The van der Waals surface area contributed by atoms with Gasteiger partial charge in [0, 0.05) is 10.8 Å². The molecule has 0 aliphatic rings. The fourth-order valence-corrected chi connectivity index (χ4v) is 3.14. The van der Waals surface area contributed by atoms with E-state index in [2.05, 4.69) is 15.5 Å². The maximum absolute atomic E-state index is 13.0. The fraction of sp³-hybridized carbons (Fsp3) is 0.0417. The van der Waals surface area contributed by atoms with E-state index in [0.717, 1.165) is 0 Å². The van der Waals surface area contributed by atoms with E-state index >= 15 is 0 Å². The third-order valence-electron chi connectivity index (χ3n) is 4.62. The summed E-state index contributed by atoms with van der Waals surface area (Å²) >= 11 is 0. The van der Waals surface area contributed by atoms with Crippen LogP contribution < -0.4 is 10.1 Å². The molecule has 1 amide bonds. The van der Waals surface area contributed by atoms with E-state index in [0.29, 0.717) is 33.6 Å². The number of hydrogen-bond acceptors (Lipinski definition) is 5. The molecule has 0 aromatic heterocycles. The molecule has 6 heteroatoms. The molecule has 30 heavy (non-hydrogen) atoms. The number of rotatable bonds is 5. The number of phenols is 1. The quantitative estimate of drug-likeness (QED) is 0.392. The van der Waals surface area contributed by atoms with E-state index in [1.165, 1.54) is 13.2 Å². The molecule has 4 aromatic carbocycles. The summed E-state index contributed by atoms with van der Waals surface area (Å²) in [5.74, 6) is -0.0642. The molecule has 0 heterocycles. The Hall–Kier alpha value is -4.19. The second kappa shape index (κ2) is 8.45. The van der Waals surface area contributed by atoms with Crippen LogP contribution in [0.2, 0.25) is 0 Å². The van der Waals surface area contributed by atoms with Crippen molar-refractivity contribution in [2.45, 2.75) is 0 Å². The van der Waals surface area contributed by atoms with Crippen LogP contribution in [-0.4, -0.2) is 18.1 Å². The molecular weight excluding hydrogens is 378 g/mol. The minimum atomic E-state index is -0.473. The second-order valence-electron chi connectivity index (χ2n) is 6.53. The van der Waals surface area contributed by atoms with Crippen molar-refractivity contribution in [1.82, 2.24) is 0 Å². The van der Waals surface area contributed by atoms with Crippen LogP contribution >= 0.6 is 0 Å². The Morgan fingerprint density at radius 3 is 2.30 bits per heavy atom. The molecule has 0 aliphatic carbocycles. The number of anilines is 1. The number of hydrogen-bond donors (Lipinski definition) is 2. The molecule has 0 bridgehead atoms. The van der Waals surface area contributed by atoms with E-state index in [1.807, 2.05) is 48.5 Å². The highest BCUT2D eigenvalue weighted by Gasteiger charge is 2.18. The van der Waals surface area contributed by atoms with Crippen molar-refractivity contribution in [3.63, 3.8) is 0 Å². The van der Waals surface area contributed by atoms with Gasteiger partial charge in [-0.15, -0.1) is 5.11 Å². The predicted molar refractivity (Wildman–Crippen MR) is 117 cm³/mol. The van der Waals surface area contributed by atoms with Gasteiger partial charge in [0.15, 0.2) is 0 Å². The molecule has 2 N–H and O–H groups in total. The van der Waals surface area contributed by atoms with Gasteiger partial charge >= 0.3 is 0 Å². The van der Waals surface area contributed by atoms with Crippen LogP contribution in [-0.2, 0) is 0 Å². The Balaban J connectivity index is 1.77. The molecular formula is C24H19N3O3. The molecule has 0 radical (unpaired) electrons. The van der Waals surface area contributed by atoms with Gasteiger partial charge in [0.25, 0.3) is 5.91 Å². The molecule has 0 spiro atoms. The maximum Gasteiger partial charge on any atom is 0.259 e. The summed E-state index contributed by atoms with van der Waals surface area (Å²) in [6.45, 7) is 0. The number of fused-ring (bicyclic) bond motifs is 1. The highest BCUT2D eigenvalue weighted by Crippen LogP contribution is 2.37. The molecule has 6 nitrogen and oxygen atoms in total. The van der Waals surface area contributed by atoms with Gasteiger partial charge in [0.05, 0.1) is 29.7 Å². The number of carbonyl (C=O) groups excluding carboxylic acids is 1. The first-order valence-electron chi connectivity index (χ1n) is 9.33. The highest BCUT2D eigenvalue weighted by molar-refractivity contribution is 6.12. The van der Waals surface area contributed by atoms with Gasteiger partial charge in [-0.1, -0.05) is 54.6 Å². The van der Waals surface area contributed by atoms with Crippen molar-refractivity contribution in [3.05, 3.63) is 90.5 Å². The Bertz CT molecular complexity index is 1240. The van der Waals surface area contributed by atoms with Crippen LogP contribution in [0.15, 0.2) is 95.2 Å². The molecule has 148 valence electrons. The first-order valence-corrected chi connectivity index (χ1v) is 9.33. The fourth-order valence-electron chi connectivity index (χ4n) is 3.14. The normalized spacial score (nSPS) is 11.0. The Labute approximate surface area is 173 Å². The summed E-state index contributed by atoms with van der Waals surface area (Å²) in [6, 6.07) is 25.1. The lowest BCUT2D eigenvalue weighted by atomic mass is 10.0. The number of nitrogens with one attached hydrogen (secondary N) is 1. The van der Waals surface area contributed by atoms with Crippen LogP contribution in [0.1, 0.15) is 10.4 Å². The lowest BCUT2D eigenvalue weighted by molar-refractivity contribution is 0.102. The highest BCUT2D eigenvalue weighted by atomic mass is 16.5. The largest absolute Gasteiger partial charge is 0.506 e. The number of carbonyl (C=O) groups is 1. The summed E-state index contributed by atoms with van der Waals surface area (Å²) < 4.78 is 5.28. The summed E-state index contributed by atoms with van der Waals surface area (Å²) in [4.78, 5) is 13.0. The third kappa shape index (κ3) is 3.84. The molecule has 4 aromatic rings. The van der Waals surface area contributed by atoms with Gasteiger partial charge < -0.3 is 15.2 Å². The first-order chi connectivity index (χ1) is 14.7. The zero-order chi connectivity index (χ0) is 20.9. The molecule has 0 aliphatic heterocycles. The smallest absolute Gasteiger partial charge is 0.259 e. The van der Waals surface area contributed by atoms with Gasteiger partial charge in [-0.2, -0.15) is 5.11 Å². The molecule has 4 rings (SSSR count). The number of ether oxygens (including phenoxy) is 1. The van der Waals surface area contributed by atoms with Gasteiger partial charge in [0.1, 0.15) is 11.5 Å². The number of azo groups is 1. The van der Waals surface area contributed by atoms with Gasteiger partial charge in [-0.25, -0.2) is 0 Å². The summed E-state index contributed by atoms with van der Waals surface area (Å²) in [6.07, 6.45) is 0. The number of aromatic hydroxyl groups is 1. The number of nitrogens with zero attached hydrogens (tertiary/aromatic N) is 2. The van der Waals surface area contributed by atoms with Crippen molar-refractivity contribution < 1.29 is 14.6 Å².